The topological polar surface area (TPSA) is 38.3 Å². The van der Waals surface area contributed by atoms with Gasteiger partial charge in [0, 0.05) is 9.64 Å². The normalized spacial score (nSPS) is 10.3. The van der Waals surface area contributed by atoms with E-state index >= 15 is 0 Å². The molecule has 0 saturated carbocycles. The predicted octanol–water partition coefficient (Wildman–Crippen LogP) is 4.84. The van der Waals surface area contributed by atoms with Crippen LogP contribution in [0.3, 0.4) is 0 Å². The maximum Gasteiger partial charge on any atom is 0.256 e. The minimum Gasteiger partial charge on any atom is -0.491 e. The molecule has 1 amide bonds. The van der Waals surface area contributed by atoms with Gasteiger partial charge in [0.2, 0.25) is 0 Å². The van der Waals surface area contributed by atoms with Crippen LogP contribution in [0.4, 0.5) is 10.1 Å². The number of halogens is 3. The summed E-state index contributed by atoms with van der Waals surface area (Å²) in [6, 6.07) is 9.72. The fraction of sp³-hybridized carbons (Fsp3) is 0.133. The Morgan fingerprint density at radius 3 is 2.76 bits per heavy atom. The van der Waals surface area contributed by atoms with Crippen LogP contribution in [0.25, 0.3) is 0 Å². The Kier molecular flexibility index (Phi) is 5.58. The highest BCUT2D eigenvalue weighted by atomic mass is 127. The van der Waals surface area contributed by atoms with E-state index in [1.807, 2.05) is 19.1 Å². The Labute approximate surface area is 144 Å². The van der Waals surface area contributed by atoms with Crippen LogP contribution in [0, 0.1) is 9.39 Å². The van der Waals surface area contributed by atoms with Gasteiger partial charge in [-0.05, 0) is 63.6 Å². The number of ether oxygens (including phenoxy) is 1. The van der Waals surface area contributed by atoms with Crippen molar-refractivity contribution in [2.45, 2.75) is 6.92 Å². The Morgan fingerprint density at radius 1 is 1.38 bits per heavy atom. The number of anilines is 1. The molecule has 0 fully saturated rings. The van der Waals surface area contributed by atoms with Crippen LogP contribution in [-0.4, -0.2) is 12.5 Å². The van der Waals surface area contributed by atoms with Crippen LogP contribution in [0.15, 0.2) is 40.9 Å². The Hall–Kier alpha value is -1.15. The Bertz CT molecular complexity index is 679. The number of hydrogen-bond acceptors (Lipinski definition) is 2. The second-order valence-electron chi connectivity index (χ2n) is 4.13. The van der Waals surface area contributed by atoms with Crippen molar-refractivity contribution < 1.29 is 13.9 Å². The molecule has 0 atom stereocenters. The fourth-order valence-electron chi connectivity index (χ4n) is 1.78. The second kappa shape index (κ2) is 7.22. The number of hydrogen-bond donors (Lipinski definition) is 1. The minimum absolute atomic E-state index is 0.299. The molecule has 0 radical (unpaired) electrons. The van der Waals surface area contributed by atoms with E-state index in [9.17, 15) is 9.18 Å². The summed E-state index contributed by atoms with van der Waals surface area (Å²) in [4.78, 5) is 12.3. The molecule has 2 aromatic carbocycles. The van der Waals surface area contributed by atoms with Gasteiger partial charge in [0.05, 0.1) is 22.3 Å². The van der Waals surface area contributed by atoms with Crippen molar-refractivity contribution in [2.24, 2.45) is 0 Å². The molecule has 0 aliphatic heterocycles. The molecule has 3 nitrogen and oxygen atoms in total. The number of benzene rings is 2. The van der Waals surface area contributed by atoms with E-state index in [1.165, 1.54) is 12.1 Å². The lowest BCUT2D eigenvalue weighted by atomic mass is 10.2. The maximum atomic E-state index is 13.5. The van der Waals surface area contributed by atoms with Crippen LogP contribution in [-0.2, 0) is 0 Å². The van der Waals surface area contributed by atoms with E-state index in [0.29, 0.717) is 28.1 Å². The van der Waals surface area contributed by atoms with Crippen molar-refractivity contribution in [3.05, 3.63) is 55.8 Å². The quantitative estimate of drug-likeness (QED) is 0.658. The van der Waals surface area contributed by atoms with Crippen molar-refractivity contribution in [3.63, 3.8) is 0 Å². The van der Waals surface area contributed by atoms with E-state index < -0.39 is 5.82 Å². The van der Waals surface area contributed by atoms with Gasteiger partial charge in [-0.15, -0.1) is 0 Å². The van der Waals surface area contributed by atoms with Crippen LogP contribution in [0.2, 0.25) is 0 Å². The van der Waals surface area contributed by atoms with Gasteiger partial charge >= 0.3 is 0 Å². The van der Waals surface area contributed by atoms with Crippen LogP contribution in [0.5, 0.6) is 5.75 Å². The molecule has 110 valence electrons. The van der Waals surface area contributed by atoms with Crippen LogP contribution in [0.1, 0.15) is 17.3 Å². The van der Waals surface area contributed by atoms with E-state index in [4.69, 9.17) is 4.74 Å². The minimum atomic E-state index is -0.455. The molecule has 6 heteroatoms. The third-order valence-electron chi connectivity index (χ3n) is 2.66. The first-order valence-corrected chi connectivity index (χ1v) is 8.07. The average molecular weight is 464 g/mol. The number of carbonyl (C=O) groups is 1. The summed E-state index contributed by atoms with van der Waals surface area (Å²) in [5.74, 6) is -0.347. The molecule has 0 aliphatic rings. The number of nitrogens with one attached hydrogen (secondary N) is 1. The first-order valence-electron chi connectivity index (χ1n) is 6.20. The lowest BCUT2D eigenvalue weighted by molar-refractivity contribution is 0.102. The average Bonchev–Trinajstić information content (AvgIpc) is 2.43. The lowest BCUT2D eigenvalue weighted by Crippen LogP contribution is -2.14. The van der Waals surface area contributed by atoms with Crippen molar-refractivity contribution in [2.75, 3.05) is 11.9 Å². The molecule has 2 rings (SSSR count). The zero-order chi connectivity index (χ0) is 15.4. The molecule has 0 saturated heterocycles. The Balaban J connectivity index is 2.35. The predicted molar refractivity (Wildman–Crippen MR) is 92.4 cm³/mol. The van der Waals surface area contributed by atoms with Gasteiger partial charge in [0.15, 0.2) is 5.75 Å². The van der Waals surface area contributed by atoms with Gasteiger partial charge in [0.1, 0.15) is 5.82 Å². The number of rotatable bonds is 4. The molecule has 0 aromatic heterocycles. The highest BCUT2D eigenvalue weighted by Gasteiger charge is 2.15. The molecule has 0 aliphatic carbocycles. The molecule has 0 unspecified atom stereocenters. The molecule has 21 heavy (non-hydrogen) atoms. The maximum absolute atomic E-state index is 13.5. The van der Waals surface area contributed by atoms with Crippen molar-refractivity contribution in [1.82, 2.24) is 0 Å². The summed E-state index contributed by atoms with van der Waals surface area (Å²) in [6.45, 7) is 2.23. The fourth-order valence-corrected chi connectivity index (χ4v) is 2.96. The lowest BCUT2D eigenvalue weighted by Gasteiger charge is -2.14. The summed E-state index contributed by atoms with van der Waals surface area (Å²) in [5.41, 5.74) is 0.828. The van der Waals surface area contributed by atoms with E-state index in [-0.39, 0.29) is 5.91 Å². The third-order valence-corrected chi connectivity index (χ3v) is 4.19. The van der Waals surface area contributed by atoms with Gasteiger partial charge in [-0.2, -0.15) is 0 Å². The zero-order valence-corrected chi connectivity index (χ0v) is 14.9. The molecule has 0 heterocycles. The standard InChI is InChI=1S/C15H12BrFINO2/c1-2-21-14-11(16)7-9(17)8-13(14)19-15(20)10-5-3-4-6-12(10)18/h3-8H,2H2,1H3,(H,19,20). The highest BCUT2D eigenvalue weighted by molar-refractivity contribution is 14.1. The van der Waals surface area contributed by atoms with E-state index in [0.717, 1.165) is 3.57 Å². The summed E-state index contributed by atoms with van der Waals surface area (Å²) >= 11 is 5.32. The van der Waals surface area contributed by atoms with Gasteiger partial charge in [-0.3, -0.25) is 4.79 Å². The van der Waals surface area contributed by atoms with Crippen LogP contribution < -0.4 is 10.1 Å². The largest absolute Gasteiger partial charge is 0.491 e. The van der Waals surface area contributed by atoms with Gasteiger partial charge in [-0.25, -0.2) is 4.39 Å². The molecule has 0 bridgehead atoms. The van der Waals surface area contributed by atoms with Gasteiger partial charge < -0.3 is 10.1 Å². The van der Waals surface area contributed by atoms with Crippen molar-refractivity contribution in [3.8, 4) is 5.75 Å². The highest BCUT2D eigenvalue weighted by Crippen LogP contribution is 2.35. The van der Waals surface area contributed by atoms with Gasteiger partial charge in [0.25, 0.3) is 5.91 Å². The smallest absolute Gasteiger partial charge is 0.256 e. The van der Waals surface area contributed by atoms with E-state index in [2.05, 4.69) is 43.8 Å². The third kappa shape index (κ3) is 3.94. The molecule has 0 spiro atoms. The zero-order valence-electron chi connectivity index (χ0n) is 11.1. The Morgan fingerprint density at radius 2 is 2.10 bits per heavy atom. The number of carbonyl (C=O) groups excluding carboxylic acids is 1. The molecular weight excluding hydrogens is 452 g/mol. The SMILES string of the molecule is CCOc1c(Br)cc(F)cc1NC(=O)c1ccccc1I. The molecular formula is C15H12BrFINO2. The first kappa shape index (κ1) is 16.2. The molecule has 2 aromatic rings. The second-order valence-corrected chi connectivity index (χ2v) is 6.15. The molecule has 1 N–H and O–H groups in total. The summed E-state index contributed by atoms with van der Waals surface area (Å²) in [5, 5.41) is 2.70. The summed E-state index contributed by atoms with van der Waals surface area (Å²) < 4.78 is 20.3. The van der Waals surface area contributed by atoms with Crippen LogP contribution >= 0.6 is 38.5 Å². The van der Waals surface area contributed by atoms with E-state index in [1.54, 1.807) is 12.1 Å². The van der Waals surface area contributed by atoms with Gasteiger partial charge in [-0.1, -0.05) is 12.1 Å². The monoisotopic (exact) mass is 463 g/mol. The first-order chi connectivity index (χ1) is 10.0. The summed E-state index contributed by atoms with van der Waals surface area (Å²) in [6.07, 6.45) is 0. The van der Waals surface area contributed by atoms with Crippen molar-refractivity contribution >= 4 is 50.1 Å². The van der Waals surface area contributed by atoms with Crippen molar-refractivity contribution in [1.29, 1.82) is 0 Å². The summed E-state index contributed by atoms with van der Waals surface area (Å²) in [7, 11) is 0. The number of amides is 1.